The van der Waals surface area contributed by atoms with E-state index < -0.39 is 0 Å². The molecular formula is C21H21ClN2OS2. The first-order valence-electron chi connectivity index (χ1n) is 8.76. The third-order valence-corrected chi connectivity index (χ3v) is 6.36. The van der Waals surface area contributed by atoms with E-state index in [1.54, 1.807) is 0 Å². The largest absolute Gasteiger partial charge is 0.313 e. The predicted octanol–water partition coefficient (Wildman–Crippen LogP) is 5.68. The molecule has 1 heterocycles. The Balaban J connectivity index is 1.61. The van der Waals surface area contributed by atoms with Crippen molar-refractivity contribution in [3.63, 3.8) is 0 Å². The number of fused-ring (bicyclic) bond motifs is 1. The molecule has 3 nitrogen and oxygen atoms in total. The molecule has 0 atom stereocenters. The van der Waals surface area contributed by atoms with Crippen molar-refractivity contribution in [2.24, 2.45) is 4.99 Å². The average molecular weight is 417 g/mol. The van der Waals surface area contributed by atoms with E-state index in [1.807, 2.05) is 46.7 Å². The Kier molecular flexibility index (Phi) is 7.33. The highest BCUT2D eigenvalue weighted by Crippen LogP contribution is 2.22. The molecule has 3 aromatic rings. The zero-order valence-electron chi connectivity index (χ0n) is 14.9. The second kappa shape index (κ2) is 9.93. The minimum atomic E-state index is -0.0780. The molecule has 140 valence electrons. The van der Waals surface area contributed by atoms with Crippen molar-refractivity contribution < 1.29 is 4.79 Å². The number of allylic oxidation sites excluding steroid dienone is 1. The van der Waals surface area contributed by atoms with E-state index in [4.69, 9.17) is 11.6 Å². The zero-order chi connectivity index (χ0) is 19.1. The number of benzene rings is 2. The summed E-state index contributed by atoms with van der Waals surface area (Å²) >= 11 is 9.42. The molecule has 6 heteroatoms. The fourth-order valence-corrected chi connectivity index (χ4v) is 4.94. The van der Waals surface area contributed by atoms with Gasteiger partial charge in [-0.25, -0.2) is 0 Å². The Hall–Kier alpha value is -1.82. The second-order valence-electron chi connectivity index (χ2n) is 6.04. The molecule has 1 aromatic heterocycles. The molecule has 0 aliphatic heterocycles. The van der Waals surface area contributed by atoms with E-state index in [1.165, 1.54) is 16.9 Å². The van der Waals surface area contributed by atoms with Crippen LogP contribution in [0.2, 0.25) is 5.02 Å². The predicted molar refractivity (Wildman–Crippen MR) is 117 cm³/mol. The summed E-state index contributed by atoms with van der Waals surface area (Å²) in [6.45, 7) is 4.42. The van der Waals surface area contributed by atoms with Crippen LogP contribution in [0.5, 0.6) is 0 Å². The van der Waals surface area contributed by atoms with Crippen LogP contribution in [0.25, 0.3) is 10.2 Å². The van der Waals surface area contributed by atoms with Gasteiger partial charge in [-0.15, -0.1) is 6.58 Å². The maximum absolute atomic E-state index is 12.3. The number of thiazole rings is 1. The van der Waals surface area contributed by atoms with Crippen LogP contribution in [0.3, 0.4) is 0 Å². The van der Waals surface area contributed by atoms with E-state index >= 15 is 0 Å². The van der Waals surface area contributed by atoms with E-state index in [0.717, 1.165) is 28.1 Å². The summed E-state index contributed by atoms with van der Waals surface area (Å²) in [7, 11) is 0. The number of halogens is 1. The minimum absolute atomic E-state index is 0.0780. The topological polar surface area (TPSA) is 34.4 Å². The molecule has 2 aromatic carbocycles. The van der Waals surface area contributed by atoms with Crippen molar-refractivity contribution in [2.45, 2.75) is 25.1 Å². The minimum Gasteiger partial charge on any atom is -0.313 e. The smallest absolute Gasteiger partial charge is 0.248 e. The lowest BCUT2D eigenvalue weighted by Crippen LogP contribution is -2.16. The van der Waals surface area contributed by atoms with Crippen molar-refractivity contribution in [3.05, 3.63) is 76.6 Å². The van der Waals surface area contributed by atoms with E-state index in [9.17, 15) is 4.79 Å². The molecule has 0 unspecified atom stereocenters. The molecular weight excluding hydrogens is 396 g/mol. The summed E-state index contributed by atoms with van der Waals surface area (Å²) in [6, 6.07) is 16.1. The van der Waals surface area contributed by atoms with Gasteiger partial charge in [0.25, 0.3) is 0 Å². The fraction of sp³-hybridized carbons (Fsp3) is 0.238. The van der Waals surface area contributed by atoms with Gasteiger partial charge < -0.3 is 4.57 Å². The zero-order valence-corrected chi connectivity index (χ0v) is 17.3. The molecule has 27 heavy (non-hydrogen) atoms. The van der Waals surface area contributed by atoms with Crippen molar-refractivity contribution in [1.29, 1.82) is 0 Å². The average Bonchev–Trinajstić information content (AvgIpc) is 2.99. The van der Waals surface area contributed by atoms with Crippen LogP contribution in [0.4, 0.5) is 0 Å². The highest BCUT2D eigenvalue weighted by atomic mass is 35.5. The van der Waals surface area contributed by atoms with Gasteiger partial charge in [-0.1, -0.05) is 59.3 Å². The summed E-state index contributed by atoms with van der Waals surface area (Å²) in [5, 5.41) is 0.683. The van der Waals surface area contributed by atoms with Gasteiger partial charge in [0, 0.05) is 23.7 Å². The first-order chi connectivity index (χ1) is 13.2. The van der Waals surface area contributed by atoms with Gasteiger partial charge in [0.1, 0.15) is 0 Å². The molecule has 0 aliphatic rings. The highest BCUT2D eigenvalue weighted by Gasteiger charge is 2.08. The van der Waals surface area contributed by atoms with Crippen molar-refractivity contribution in [2.75, 3.05) is 5.75 Å². The first-order valence-corrected chi connectivity index (χ1v) is 11.1. The van der Waals surface area contributed by atoms with Crippen LogP contribution in [0.1, 0.15) is 18.4 Å². The summed E-state index contributed by atoms with van der Waals surface area (Å²) in [5.41, 5.74) is 2.34. The van der Waals surface area contributed by atoms with Crippen molar-refractivity contribution in [1.82, 2.24) is 4.57 Å². The van der Waals surface area contributed by atoms with Crippen LogP contribution < -0.4 is 4.80 Å². The van der Waals surface area contributed by atoms with Gasteiger partial charge in [0.2, 0.25) is 5.91 Å². The summed E-state index contributed by atoms with van der Waals surface area (Å²) in [5.74, 6) is 1.85. The summed E-state index contributed by atoms with van der Waals surface area (Å²) in [4.78, 5) is 17.4. The van der Waals surface area contributed by atoms with Crippen LogP contribution in [0.15, 0.2) is 66.2 Å². The van der Waals surface area contributed by atoms with Crippen LogP contribution in [0, 0.1) is 0 Å². The van der Waals surface area contributed by atoms with Gasteiger partial charge in [0.05, 0.1) is 10.2 Å². The molecule has 0 saturated heterocycles. The number of carbonyl (C=O) groups is 1. The Morgan fingerprint density at radius 1 is 1.26 bits per heavy atom. The Bertz CT molecular complexity index is 992. The number of thioether (sulfide) groups is 1. The molecule has 0 saturated carbocycles. The lowest BCUT2D eigenvalue weighted by atomic mass is 10.2. The number of carbonyl (C=O) groups excluding carboxylic acids is 1. The number of rotatable bonds is 8. The lowest BCUT2D eigenvalue weighted by molar-refractivity contribution is -0.118. The summed E-state index contributed by atoms with van der Waals surface area (Å²) < 4.78 is 3.03. The molecule has 0 radical (unpaired) electrons. The van der Waals surface area contributed by atoms with Gasteiger partial charge >= 0.3 is 0 Å². The number of nitrogens with zero attached hydrogens (tertiary/aromatic N) is 2. The standard InChI is InChI=1S/C21H21ClN2OS2/c1-2-12-24-18-11-10-17(22)14-19(18)27-21(24)23-20(25)9-6-13-26-15-16-7-4-3-5-8-16/h2-5,7-8,10-11,14H,1,6,9,12-13,15H2. The number of hydrogen-bond donors (Lipinski definition) is 0. The van der Waals surface area contributed by atoms with Crippen LogP contribution >= 0.6 is 34.7 Å². The lowest BCUT2D eigenvalue weighted by Gasteiger charge is -2.02. The second-order valence-corrected chi connectivity index (χ2v) is 8.59. The SMILES string of the molecule is C=CCn1c(=NC(=O)CCCSCc2ccccc2)sc2cc(Cl)ccc21. The molecule has 0 aliphatic carbocycles. The molecule has 0 N–H and O–H groups in total. The molecule has 0 bridgehead atoms. The maximum atomic E-state index is 12.3. The van der Waals surface area contributed by atoms with Crippen molar-refractivity contribution in [3.8, 4) is 0 Å². The number of amides is 1. The fourth-order valence-electron chi connectivity index (χ4n) is 2.69. The molecule has 0 spiro atoms. The van der Waals surface area contributed by atoms with E-state index in [0.29, 0.717) is 22.8 Å². The number of hydrogen-bond acceptors (Lipinski definition) is 3. The maximum Gasteiger partial charge on any atom is 0.248 e. The Morgan fingerprint density at radius 2 is 2.07 bits per heavy atom. The third-order valence-electron chi connectivity index (χ3n) is 3.97. The number of aromatic nitrogens is 1. The first kappa shape index (κ1) is 19.9. The highest BCUT2D eigenvalue weighted by molar-refractivity contribution is 7.98. The Morgan fingerprint density at radius 3 is 2.85 bits per heavy atom. The van der Waals surface area contributed by atoms with Gasteiger partial charge in [-0.05, 0) is 35.9 Å². The quantitative estimate of drug-likeness (QED) is 0.349. The van der Waals surface area contributed by atoms with Crippen LogP contribution in [-0.2, 0) is 17.1 Å². The Labute approximate surface area is 172 Å². The normalized spacial score (nSPS) is 11.8. The van der Waals surface area contributed by atoms with Crippen molar-refractivity contribution >= 4 is 50.8 Å². The van der Waals surface area contributed by atoms with Gasteiger partial charge in [-0.2, -0.15) is 16.8 Å². The van der Waals surface area contributed by atoms with E-state index in [-0.39, 0.29) is 5.91 Å². The third kappa shape index (κ3) is 5.58. The van der Waals surface area contributed by atoms with E-state index in [2.05, 4.69) is 35.8 Å². The molecule has 3 rings (SSSR count). The monoisotopic (exact) mass is 416 g/mol. The van der Waals surface area contributed by atoms with Gasteiger partial charge in [-0.3, -0.25) is 4.79 Å². The van der Waals surface area contributed by atoms with Gasteiger partial charge in [0.15, 0.2) is 4.80 Å². The summed E-state index contributed by atoms with van der Waals surface area (Å²) in [6.07, 6.45) is 3.10. The molecule has 1 amide bonds. The molecule has 0 fully saturated rings. The van der Waals surface area contributed by atoms with Crippen LogP contribution in [-0.4, -0.2) is 16.2 Å².